The van der Waals surface area contributed by atoms with Crippen LogP contribution in [0.25, 0.3) is 0 Å². The first-order valence-electron chi connectivity index (χ1n) is 5.53. The summed E-state index contributed by atoms with van der Waals surface area (Å²) in [4.78, 5) is 0. The lowest BCUT2D eigenvalue weighted by Crippen LogP contribution is -2.13. The number of halogens is 4. The van der Waals surface area contributed by atoms with Gasteiger partial charge in [0.05, 0.1) is 24.1 Å². The van der Waals surface area contributed by atoms with Gasteiger partial charge in [0.2, 0.25) is 0 Å². The Morgan fingerprint density at radius 2 is 2.00 bits per heavy atom. The van der Waals surface area contributed by atoms with E-state index in [1.165, 1.54) is 18.6 Å². The number of rotatable bonds is 3. The predicted molar refractivity (Wildman–Crippen MR) is 69.9 cm³/mol. The molecule has 1 atom stereocenters. The summed E-state index contributed by atoms with van der Waals surface area (Å²) in [6.07, 6.45) is -1.41. The molecule has 1 aromatic carbocycles. The highest BCUT2D eigenvalue weighted by Gasteiger charge is 2.34. The molecule has 0 radical (unpaired) electrons. The van der Waals surface area contributed by atoms with Crippen LogP contribution in [0.1, 0.15) is 24.1 Å². The maximum atomic E-state index is 12.9. The van der Waals surface area contributed by atoms with Gasteiger partial charge in [0.15, 0.2) is 0 Å². The lowest BCUT2D eigenvalue weighted by Gasteiger charge is -2.18. The lowest BCUT2D eigenvalue weighted by atomic mass is 10.1. The van der Waals surface area contributed by atoms with Crippen molar-refractivity contribution in [2.24, 2.45) is 0 Å². The molecule has 2 nitrogen and oxygen atoms in total. The van der Waals surface area contributed by atoms with Crippen LogP contribution < -0.4 is 5.32 Å². The highest BCUT2D eigenvalue weighted by atomic mass is 79.9. The molecule has 0 aliphatic rings. The smallest absolute Gasteiger partial charge is 0.418 e. The van der Waals surface area contributed by atoms with Gasteiger partial charge in [0.25, 0.3) is 0 Å². The van der Waals surface area contributed by atoms with Gasteiger partial charge >= 0.3 is 6.18 Å². The molecular weight excluding hydrogens is 323 g/mol. The average Bonchev–Trinajstić information content (AvgIpc) is 2.83. The number of alkyl halides is 3. The van der Waals surface area contributed by atoms with Gasteiger partial charge in [-0.15, -0.1) is 0 Å². The van der Waals surface area contributed by atoms with E-state index in [1.807, 2.05) is 0 Å². The van der Waals surface area contributed by atoms with Crippen LogP contribution in [0.15, 0.2) is 45.7 Å². The molecule has 0 aliphatic heterocycles. The molecule has 1 heterocycles. The van der Waals surface area contributed by atoms with E-state index in [9.17, 15) is 13.2 Å². The second-order valence-electron chi connectivity index (χ2n) is 4.11. The second-order valence-corrected chi connectivity index (χ2v) is 5.03. The zero-order chi connectivity index (χ0) is 14.0. The van der Waals surface area contributed by atoms with E-state index in [0.29, 0.717) is 4.47 Å². The average molecular weight is 334 g/mol. The standard InChI is InChI=1S/C13H11BrF3NO/c1-8(9-4-5-19-7-9)18-12-3-2-10(14)6-11(12)13(15,16)17/h2-8,18H,1H3. The van der Waals surface area contributed by atoms with Crippen LogP contribution in [0.3, 0.4) is 0 Å². The monoisotopic (exact) mass is 333 g/mol. The van der Waals surface area contributed by atoms with Crippen LogP contribution in [-0.4, -0.2) is 0 Å². The van der Waals surface area contributed by atoms with Gasteiger partial charge in [0.1, 0.15) is 0 Å². The normalized spacial score (nSPS) is 13.3. The molecule has 0 amide bonds. The number of nitrogens with one attached hydrogen (secondary N) is 1. The minimum absolute atomic E-state index is 0.0457. The van der Waals surface area contributed by atoms with Crippen molar-refractivity contribution in [2.75, 3.05) is 5.32 Å². The van der Waals surface area contributed by atoms with Crippen LogP contribution in [0, 0.1) is 0 Å². The summed E-state index contributed by atoms with van der Waals surface area (Å²) in [5, 5.41) is 2.85. The number of furan rings is 1. The molecule has 2 aromatic rings. The molecule has 0 fully saturated rings. The highest BCUT2D eigenvalue weighted by molar-refractivity contribution is 9.10. The maximum absolute atomic E-state index is 12.9. The van der Waals surface area contributed by atoms with Crippen LogP contribution in [0.4, 0.5) is 18.9 Å². The first-order chi connectivity index (χ1) is 8.88. The van der Waals surface area contributed by atoms with Gasteiger partial charge in [-0.1, -0.05) is 15.9 Å². The van der Waals surface area contributed by atoms with E-state index in [4.69, 9.17) is 4.42 Å². The minimum Gasteiger partial charge on any atom is -0.472 e. The Bertz CT molecular complexity index is 552. The van der Waals surface area contributed by atoms with Gasteiger partial charge in [-0.2, -0.15) is 13.2 Å². The summed E-state index contributed by atoms with van der Waals surface area (Å²) in [5.41, 5.74) is 0.137. The molecular formula is C13H11BrF3NO. The van der Waals surface area contributed by atoms with Crippen molar-refractivity contribution in [3.05, 3.63) is 52.4 Å². The summed E-state index contributed by atoms with van der Waals surface area (Å²) in [6, 6.07) is 5.47. The van der Waals surface area contributed by atoms with Crippen LogP contribution in [0.5, 0.6) is 0 Å². The van der Waals surface area contributed by atoms with Crippen molar-refractivity contribution in [3.63, 3.8) is 0 Å². The highest BCUT2D eigenvalue weighted by Crippen LogP contribution is 2.37. The number of benzene rings is 1. The van der Waals surface area contributed by atoms with Gasteiger partial charge in [-0.3, -0.25) is 0 Å². The van der Waals surface area contributed by atoms with Gasteiger partial charge in [-0.25, -0.2) is 0 Å². The topological polar surface area (TPSA) is 25.2 Å². The van der Waals surface area contributed by atoms with Crippen molar-refractivity contribution in [1.29, 1.82) is 0 Å². The summed E-state index contributed by atoms with van der Waals surface area (Å²) in [5.74, 6) is 0. The maximum Gasteiger partial charge on any atom is 0.418 e. The summed E-state index contributed by atoms with van der Waals surface area (Å²) < 4.78 is 44.1. The molecule has 102 valence electrons. The first-order valence-corrected chi connectivity index (χ1v) is 6.32. The first kappa shape index (κ1) is 14.0. The Morgan fingerprint density at radius 3 is 2.58 bits per heavy atom. The lowest BCUT2D eigenvalue weighted by molar-refractivity contribution is -0.137. The molecule has 1 N–H and O–H groups in total. The Morgan fingerprint density at radius 1 is 1.26 bits per heavy atom. The fourth-order valence-corrected chi connectivity index (χ4v) is 2.08. The molecule has 0 bridgehead atoms. The quantitative estimate of drug-likeness (QED) is 0.831. The van der Waals surface area contributed by atoms with Crippen molar-refractivity contribution >= 4 is 21.6 Å². The second kappa shape index (κ2) is 5.28. The van der Waals surface area contributed by atoms with Crippen molar-refractivity contribution in [1.82, 2.24) is 0 Å². The minimum atomic E-state index is -4.40. The van der Waals surface area contributed by atoms with Crippen molar-refractivity contribution in [3.8, 4) is 0 Å². The molecule has 19 heavy (non-hydrogen) atoms. The SMILES string of the molecule is CC(Nc1ccc(Br)cc1C(F)(F)F)c1ccoc1. The Kier molecular flexibility index (Phi) is 3.89. The van der Waals surface area contributed by atoms with E-state index < -0.39 is 11.7 Å². The summed E-state index contributed by atoms with van der Waals surface area (Å²) >= 11 is 3.05. The van der Waals surface area contributed by atoms with Gasteiger partial charge in [0, 0.05) is 15.7 Å². The number of hydrogen-bond donors (Lipinski definition) is 1. The summed E-state index contributed by atoms with van der Waals surface area (Å²) in [7, 11) is 0. The Hall–Kier alpha value is -1.43. The van der Waals surface area contributed by atoms with E-state index in [1.54, 1.807) is 19.1 Å². The predicted octanol–water partition coefficient (Wildman–Crippen LogP) is 5.23. The van der Waals surface area contributed by atoms with Gasteiger partial charge in [-0.05, 0) is 31.2 Å². The third kappa shape index (κ3) is 3.32. The van der Waals surface area contributed by atoms with Crippen LogP contribution in [0.2, 0.25) is 0 Å². The van der Waals surface area contributed by atoms with E-state index in [0.717, 1.165) is 11.6 Å². The fourth-order valence-electron chi connectivity index (χ4n) is 1.71. The van der Waals surface area contributed by atoms with Crippen molar-refractivity contribution in [2.45, 2.75) is 19.1 Å². The Labute approximate surface area is 116 Å². The molecule has 0 aliphatic carbocycles. The molecule has 6 heteroatoms. The zero-order valence-electron chi connectivity index (χ0n) is 9.96. The van der Waals surface area contributed by atoms with E-state index in [-0.39, 0.29) is 11.7 Å². The van der Waals surface area contributed by atoms with Crippen LogP contribution in [-0.2, 0) is 6.18 Å². The van der Waals surface area contributed by atoms with E-state index in [2.05, 4.69) is 21.2 Å². The molecule has 0 saturated heterocycles. The molecule has 2 rings (SSSR count). The van der Waals surface area contributed by atoms with Crippen LogP contribution >= 0.6 is 15.9 Å². The molecule has 0 spiro atoms. The molecule has 0 saturated carbocycles. The van der Waals surface area contributed by atoms with Gasteiger partial charge < -0.3 is 9.73 Å². The summed E-state index contributed by atoms with van der Waals surface area (Å²) in [6.45, 7) is 1.77. The molecule has 1 unspecified atom stereocenters. The fraction of sp³-hybridized carbons (Fsp3) is 0.231. The Balaban J connectivity index is 2.30. The largest absolute Gasteiger partial charge is 0.472 e. The molecule has 1 aromatic heterocycles. The van der Waals surface area contributed by atoms with E-state index >= 15 is 0 Å². The third-order valence-corrected chi connectivity index (χ3v) is 3.20. The third-order valence-electron chi connectivity index (χ3n) is 2.70. The number of hydrogen-bond acceptors (Lipinski definition) is 2. The zero-order valence-corrected chi connectivity index (χ0v) is 11.5. The number of anilines is 1. The van der Waals surface area contributed by atoms with Crippen molar-refractivity contribution < 1.29 is 17.6 Å².